The minimum atomic E-state index is 0.458. The highest BCUT2D eigenvalue weighted by atomic mass is 35.5. The minimum absolute atomic E-state index is 0.458. The number of nitrogens with zero attached hydrogens (tertiary/aromatic N) is 5. The molecule has 158 valence electrons. The van der Waals surface area contributed by atoms with Crippen molar-refractivity contribution in [2.45, 2.75) is 0 Å². The van der Waals surface area contributed by atoms with Gasteiger partial charge in [-0.15, -0.1) is 0 Å². The van der Waals surface area contributed by atoms with Crippen molar-refractivity contribution in [2.24, 2.45) is 0 Å². The standard InChI is InChI=1S/C25H21ClN6/c26-24-13-21(20-3-1-2-4-23(20)30-24)22-15-29-32-16-18(14-28-25(22)32)17-5-7-19(8-6-17)31-11-9-27-10-12-31/h1-8,13-16,27H,9-12H2. The van der Waals surface area contributed by atoms with Crippen LogP contribution in [0.2, 0.25) is 5.15 Å². The molecule has 0 saturated carbocycles. The molecule has 0 aliphatic carbocycles. The fraction of sp³-hybridized carbons (Fsp3) is 0.160. The molecular formula is C25H21ClN6. The normalized spacial score (nSPS) is 14.3. The lowest BCUT2D eigenvalue weighted by Gasteiger charge is -2.29. The van der Waals surface area contributed by atoms with Crippen LogP contribution >= 0.6 is 11.6 Å². The summed E-state index contributed by atoms with van der Waals surface area (Å²) in [6.07, 6.45) is 5.78. The number of fused-ring (bicyclic) bond motifs is 2. The van der Waals surface area contributed by atoms with Crippen molar-refractivity contribution in [3.05, 3.63) is 78.3 Å². The molecule has 0 atom stereocenters. The second-order valence-corrected chi connectivity index (χ2v) is 8.35. The van der Waals surface area contributed by atoms with Crippen molar-refractivity contribution in [3.63, 3.8) is 0 Å². The van der Waals surface area contributed by atoms with Crippen molar-refractivity contribution < 1.29 is 0 Å². The first-order valence-electron chi connectivity index (χ1n) is 10.7. The van der Waals surface area contributed by atoms with Crippen LogP contribution in [0.4, 0.5) is 5.69 Å². The van der Waals surface area contributed by atoms with E-state index >= 15 is 0 Å². The van der Waals surface area contributed by atoms with E-state index in [1.165, 1.54) is 5.69 Å². The van der Waals surface area contributed by atoms with Crippen LogP contribution in [-0.2, 0) is 0 Å². The van der Waals surface area contributed by atoms with Crippen LogP contribution in [0.15, 0.2) is 73.2 Å². The molecule has 0 amide bonds. The maximum Gasteiger partial charge on any atom is 0.162 e. The summed E-state index contributed by atoms with van der Waals surface area (Å²) in [5.74, 6) is 0. The Bertz CT molecular complexity index is 1420. The molecule has 32 heavy (non-hydrogen) atoms. The molecule has 2 aromatic carbocycles. The van der Waals surface area contributed by atoms with Crippen LogP contribution in [0.1, 0.15) is 0 Å². The van der Waals surface area contributed by atoms with Crippen LogP contribution in [0.3, 0.4) is 0 Å². The molecule has 0 spiro atoms. The molecular weight excluding hydrogens is 420 g/mol. The van der Waals surface area contributed by atoms with E-state index in [-0.39, 0.29) is 0 Å². The van der Waals surface area contributed by atoms with Gasteiger partial charge in [0.15, 0.2) is 5.65 Å². The van der Waals surface area contributed by atoms with E-state index in [4.69, 9.17) is 16.6 Å². The van der Waals surface area contributed by atoms with Crippen molar-refractivity contribution in [1.29, 1.82) is 0 Å². The molecule has 0 unspecified atom stereocenters. The third-order valence-corrected chi connectivity index (χ3v) is 6.21. The molecule has 7 heteroatoms. The fourth-order valence-electron chi connectivity index (χ4n) is 4.37. The molecule has 5 aromatic rings. The van der Waals surface area contributed by atoms with Crippen LogP contribution in [0.25, 0.3) is 38.8 Å². The Hall–Kier alpha value is -3.48. The summed E-state index contributed by atoms with van der Waals surface area (Å²) in [6.45, 7) is 4.14. The van der Waals surface area contributed by atoms with E-state index in [1.807, 2.05) is 53.4 Å². The molecule has 0 bridgehead atoms. The topological polar surface area (TPSA) is 58.4 Å². The molecule has 0 radical (unpaired) electrons. The first kappa shape index (κ1) is 19.2. The number of anilines is 1. The van der Waals surface area contributed by atoms with Gasteiger partial charge in [0.2, 0.25) is 0 Å². The summed E-state index contributed by atoms with van der Waals surface area (Å²) >= 11 is 6.30. The highest BCUT2D eigenvalue weighted by Crippen LogP contribution is 2.33. The molecule has 6 nitrogen and oxygen atoms in total. The summed E-state index contributed by atoms with van der Waals surface area (Å²) in [5.41, 5.74) is 6.97. The number of pyridine rings is 1. The first-order chi connectivity index (χ1) is 15.8. The molecule has 1 aliphatic rings. The van der Waals surface area contributed by atoms with Gasteiger partial charge in [-0.25, -0.2) is 14.5 Å². The average Bonchev–Trinajstić information content (AvgIpc) is 3.27. The number of piperazine rings is 1. The molecule has 1 fully saturated rings. The van der Waals surface area contributed by atoms with Gasteiger partial charge in [-0.1, -0.05) is 41.9 Å². The zero-order chi connectivity index (χ0) is 21.5. The van der Waals surface area contributed by atoms with E-state index < -0.39 is 0 Å². The quantitative estimate of drug-likeness (QED) is 0.413. The third kappa shape index (κ3) is 3.38. The summed E-state index contributed by atoms with van der Waals surface area (Å²) in [5, 5.41) is 9.47. The number of aromatic nitrogens is 4. The van der Waals surface area contributed by atoms with Gasteiger partial charge in [0.05, 0.1) is 11.7 Å². The van der Waals surface area contributed by atoms with Crippen molar-refractivity contribution >= 4 is 33.8 Å². The molecule has 1 saturated heterocycles. The van der Waals surface area contributed by atoms with Crippen LogP contribution in [0, 0.1) is 0 Å². The lowest BCUT2D eigenvalue weighted by atomic mass is 10.0. The van der Waals surface area contributed by atoms with Gasteiger partial charge in [-0.05, 0) is 35.4 Å². The zero-order valence-corrected chi connectivity index (χ0v) is 18.1. The minimum Gasteiger partial charge on any atom is -0.369 e. The van der Waals surface area contributed by atoms with E-state index in [9.17, 15) is 0 Å². The Kier molecular flexibility index (Phi) is 4.74. The molecule has 1 aliphatic heterocycles. The predicted molar refractivity (Wildman–Crippen MR) is 129 cm³/mol. The Morgan fingerprint density at radius 2 is 1.69 bits per heavy atom. The summed E-state index contributed by atoms with van der Waals surface area (Å²) in [4.78, 5) is 11.6. The van der Waals surface area contributed by atoms with Gasteiger partial charge in [-0.2, -0.15) is 5.10 Å². The number of para-hydroxylation sites is 1. The largest absolute Gasteiger partial charge is 0.369 e. The van der Waals surface area contributed by atoms with Gasteiger partial charge in [0.25, 0.3) is 0 Å². The Labute approximate surface area is 190 Å². The predicted octanol–water partition coefficient (Wildman–Crippen LogP) is 4.67. The smallest absolute Gasteiger partial charge is 0.162 e. The number of benzene rings is 2. The van der Waals surface area contributed by atoms with Gasteiger partial charge in [0.1, 0.15) is 5.15 Å². The van der Waals surface area contributed by atoms with Crippen LogP contribution < -0.4 is 10.2 Å². The second kappa shape index (κ2) is 7.89. The van der Waals surface area contributed by atoms with E-state index in [2.05, 4.69) is 44.6 Å². The monoisotopic (exact) mass is 440 g/mol. The van der Waals surface area contributed by atoms with Crippen molar-refractivity contribution in [2.75, 3.05) is 31.1 Å². The van der Waals surface area contributed by atoms with Crippen LogP contribution in [-0.4, -0.2) is 45.8 Å². The summed E-state index contributed by atoms with van der Waals surface area (Å²) < 4.78 is 1.83. The SMILES string of the molecule is Clc1cc(-c2cnn3cc(-c4ccc(N5CCNCC5)cc4)cnc23)c2ccccc2n1. The third-order valence-electron chi connectivity index (χ3n) is 6.01. The van der Waals surface area contributed by atoms with E-state index in [0.29, 0.717) is 5.15 Å². The fourth-order valence-corrected chi connectivity index (χ4v) is 4.57. The Balaban J connectivity index is 1.37. The van der Waals surface area contributed by atoms with Crippen molar-refractivity contribution in [1.82, 2.24) is 24.9 Å². The maximum atomic E-state index is 6.30. The summed E-state index contributed by atoms with van der Waals surface area (Å²) in [6, 6.07) is 18.5. The lowest BCUT2D eigenvalue weighted by Crippen LogP contribution is -2.43. The highest BCUT2D eigenvalue weighted by molar-refractivity contribution is 6.30. The number of halogens is 1. The van der Waals surface area contributed by atoms with E-state index in [1.54, 1.807) is 0 Å². The lowest BCUT2D eigenvalue weighted by molar-refractivity contribution is 0.589. The highest BCUT2D eigenvalue weighted by Gasteiger charge is 2.14. The van der Waals surface area contributed by atoms with Gasteiger partial charge < -0.3 is 10.2 Å². The number of hydrogen-bond acceptors (Lipinski definition) is 5. The first-order valence-corrected chi connectivity index (χ1v) is 11.1. The van der Waals surface area contributed by atoms with Gasteiger partial charge >= 0.3 is 0 Å². The maximum absolute atomic E-state index is 6.30. The Morgan fingerprint density at radius 3 is 2.53 bits per heavy atom. The molecule has 3 aromatic heterocycles. The summed E-state index contributed by atoms with van der Waals surface area (Å²) in [7, 11) is 0. The Morgan fingerprint density at radius 1 is 0.875 bits per heavy atom. The zero-order valence-electron chi connectivity index (χ0n) is 17.4. The number of rotatable bonds is 3. The number of hydrogen-bond donors (Lipinski definition) is 1. The van der Waals surface area contributed by atoms with E-state index in [0.717, 1.165) is 65.0 Å². The second-order valence-electron chi connectivity index (χ2n) is 7.96. The van der Waals surface area contributed by atoms with Crippen molar-refractivity contribution in [3.8, 4) is 22.3 Å². The molecule has 4 heterocycles. The van der Waals surface area contributed by atoms with Crippen LogP contribution in [0.5, 0.6) is 0 Å². The molecule has 1 N–H and O–H groups in total. The van der Waals surface area contributed by atoms with Gasteiger partial charge in [0, 0.05) is 60.8 Å². The van der Waals surface area contributed by atoms with Gasteiger partial charge in [-0.3, -0.25) is 0 Å². The number of nitrogens with one attached hydrogen (secondary N) is 1. The molecule has 6 rings (SSSR count). The average molecular weight is 441 g/mol.